The number of halogens is 2. The van der Waals surface area contributed by atoms with E-state index in [0.717, 1.165) is 41.7 Å². The van der Waals surface area contributed by atoms with Crippen LogP contribution in [-0.2, 0) is 11.2 Å². The summed E-state index contributed by atoms with van der Waals surface area (Å²) in [6.45, 7) is 1.57. The Balaban J connectivity index is 1.92. The van der Waals surface area contributed by atoms with E-state index in [1.54, 1.807) is 25.1 Å². The summed E-state index contributed by atoms with van der Waals surface area (Å²) in [5.41, 5.74) is 2.59. The third-order valence-corrected chi connectivity index (χ3v) is 4.52. The summed E-state index contributed by atoms with van der Waals surface area (Å²) in [6, 6.07) is 8.31. The number of benzene rings is 2. The molecule has 134 valence electrons. The summed E-state index contributed by atoms with van der Waals surface area (Å²) >= 11 is 0. The topological polar surface area (TPSA) is 66.4 Å². The molecular weight excluding hydrogens is 340 g/mol. The number of carboxylic acid groups (broad SMARTS) is 1. The van der Waals surface area contributed by atoms with Gasteiger partial charge < -0.3 is 10.4 Å². The largest absolute Gasteiger partial charge is 0.478 e. The fourth-order valence-electron chi connectivity index (χ4n) is 3.19. The molecule has 0 fully saturated rings. The van der Waals surface area contributed by atoms with Gasteiger partial charge in [-0.05, 0) is 67.2 Å². The standard InChI is InChI=1S/C20H17F2NO3/c1-11(20(25)26)14-5-2-4-12-10-13(8-9-15(12)14)23-19(24)18-16(21)6-3-7-17(18)22/h3,6-10H,2,4-5H2,1H3,(H,23,24)(H,25,26). The van der Waals surface area contributed by atoms with Crippen LogP contribution in [0.1, 0.15) is 41.3 Å². The van der Waals surface area contributed by atoms with Crippen molar-refractivity contribution in [2.45, 2.75) is 26.2 Å². The van der Waals surface area contributed by atoms with E-state index >= 15 is 0 Å². The second-order valence-electron chi connectivity index (χ2n) is 6.18. The van der Waals surface area contributed by atoms with E-state index in [9.17, 15) is 23.5 Å². The summed E-state index contributed by atoms with van der Waals surface area (Å²) in [4.78, 5) is 23.5. The van der Waals surface area contributed by atoms with Crippen molar-refractivity contribution in [3.8, 4) is 0 Å². The minimum Gasteiger partial charge on any atom is -0.478 e. The molecule has 2 N–H and O–H groups in total. The van der Waals surface area contributed by atoms with Gasteiger partial charge in [-0.1, -0.05) is 12.1 Å². The molecule has 0 spiro atoms. The predicted octanol–water partition coefficient (Wildman–Crippen LogP) is 4.41. The summed E-state index contributed by atoms with van der Waals surface area (Å²) in [5.74, 6) is -3.68. The molecule has 1 amide bonds. The minimum absolute atomic E-state index is 0.302. The first-order chi connectivity index (χ1) is 12.4. The Morgan fingerprint density at radius 1 is 1.08 bits per heavy atom. The molecular formula is C20H17F2NO3. The molecule has 0 aromatic heterocycles. The number of amides is 1. The van der Waals surface area contributed by atoms with Crippen LogP contribution in [0.2, 0.25) is 0 Å². The van der Waals surface area contributed by atoms with Gasteiger partial charge in [-0.2, -0.15) is 0 Å². The van der Waals surface area contributed by atoms with Gasteiger partial charge in [0.15, 0.2) is 0 Å². The van der Waals surface area contributed by atoms with Crippen molar-refractivity contribution in [1.82, 2.24) is 0 Å². The lowest BCUT2D eigenvalue weighted by Crippen LogP contribution is -2.16. The van der Waals surface area contributed by atoms with Gasteiger partial charge in [0.2, 0.25) is 0 Å². The summed E-state index contributed by atoms with van der Waals surface area (Å²) < 4.78 is 27.5. The fourth-order valence-corrected chi connectivity index (χ4v) is 3.19. The van der Waals surface area contributed by atoms with Crippen LogP contribution in [0.5, 0.6) is 0 Å². The van der Waals surface area contributed by atoms with Gasteiger partial charge in [0.25, 0.3) is 5.91 Å². The SMILES string of the molecule is CC(C(=O)O)=C1CCCc2cc(NC(=O)c3c(F)cccc3F)ccc21. The van der Waals surface area contributed by atoms with E-state index in [-0.39, 0.29) is 0 Å². The summed E-state index contributed by atoms with van der Waals surface area (Å²) in [6.07, 6.45) is 2.22. The Bertz CT molecular complexity index is 914. The van der Waals surface area contributed by atoms with Gasteiger partial charge in [-0.15, -0.1) is 0 Å². The molecule has 0 radical (unpaired) electrons. The Labute approximate surface area is 149 Å². The number of anilines is 1. The molecule has 0 aliphatic heterocycles. The van der Waals surface area contributed by atoms with E-state index in [4.69, 9.17) is 0 Å². The molecule has 0 saturated heterocycles. The van der Waals surface area contributed by atoms with E-state index in [2.05, 4.69) is 5.32 Å². The molecule has 0 atom stereocenters. The number of rotatable bonds is 3. The number of allylic oxidation sites excluding steroid dienone is 1. The lowest BCUT2D eigenvalue weighted by atomic mass is 9.84. The molecule has 4 nitrogen and oxygen atoms in total. The van der Waals surface area contributed by atoms with Crippen molar-refractivity contribution in [1.29, 1.82) is 0 Å². The Morgan fingerprint density at radius 2 is 1.77 bits per heavy atom. The Kier molecular flexibility index (Phi) is 4.84. The van der Waals surface area contributed by atoms with Gasteiger partial charge in [-0.25, -0.2) is 13.6 Å². The Hall–Kier alpha value is -3.02. The lowest BCUT2D eigenvalue weighted by molar-refractivity contribution is -0.132. The van der Waals surface area contributed by atoms with Crippen LogP contribution >= 0.6 is 0 Å². The molecule has 0 saturated carbocycles. The van der Waals surface area contributed by atoms with Gasteiger partial charge in [0.05, 0.1) is 0 Å². The molecule has 1 aliphatic rings. The normalized spacial score (nSPS) is 15.2. The Morgan fingerprint density at radius 3 is 2.42 bits per heavy atom. The van der Waals surface area contributed by atoms with E-state index < -0.39 is 29.1 Å². The smallest absolute Gasteiger partial charge is 0.331 e. The third-order valence-electron chi connectivity index (χ3n) is 4.52. The number of hydrogen-bond acceptors (Lipinski definition) is 2. The minimum atomic E-state index is -0.958. The van der Waals surface area contributed by atoms with Crippen LogP contribution in [0, 0.1) is 11.6 Å². The van der Waals surface area contributed by atoms with Crippen LogP contribution in [0.15, 0.2) is 42.0 Å². The molecule has 2 aromatic rings. The number of nitrogens with one attached hydrogen (secondary N) is 1. The van der Waals surface area contributed by atoms with Crippen LogP contribution < -0.4 is 5.32 Å². The first-order valence-electron chi connectivity index (χ1n) is 8.20. The molecule has 2 aromatic carbocycles. The van der Waals surface area contributed by atoms with Gasteiger partial charge in [-0.3, -0.25) is 4.79 Å². The zero-order chi connectivity index (χ0) is 18.8. The second kappa shape index (κ2) is 7.07. The maximum absolute atomic E-state index is 13.7. The van der Waals surface area contributed by atoms with Gasteiger partial charge >= 0.3 is 5.97 Å². The third kappa shape index (κ3) is 3.35. The number of carbonyl (C=O) groups is 2. The van der Waals surface area contributed by atoms with E-state index in [0.29, 0.717) is 17.7 Å². The van der Waals surface area contributed by atoms with Crippen molar-refractivity contribution in [2.24, 2.45) is 0 Å². The number of carbonyl (C=O) groups excluding carboxylic acids is 1. The lowest BCUT2D eigenvalue weighted by Gasteiger charge is -2.21. The van der Waals surface area contributed by atoms with Crippen molar-refractivity contribution < 1.29 is 23.5 Å². The van der Waals surface area contributed by atoms with Gasteiger partial charge in [0, 0.05) is 11.3 Å². The maximum atomic E-state index is 13.7. The highest BCUT2D eigenvalue weighted by molar-refractivity contribution is 6.05. The zero-order valence-electron chi connectivity index (χ0n) is 14.1. The number of fused-ring (bicyclic) bond motifs is 1. The van der Waals surface area contributed by atoms with Crippen molar-refractivity contribution >= 4 is 23.1 Å². The van der Waals surface area contributed by atoms with Crippen LogP contribution in [-0.4, -0.2) is 17.0 Å². The molecule has 1 aliphatic carbocycles. The van der Waals surface area contributed by atoms with Crippen LogP contribution in [0.4, 0.5) is 14.5 Å². The average Bonchev–Trinajstić information content (AvgIpc) is 2.60. The first-order valence-corrected chi connectivity index (χ1v) is 8.20. The average molecular weight is 357 g/mol. The summed E-state index contributed by atoms with van der Waals surface area (Å²) in [7, 11) is 0. The van der Waals surface area contributed by atoms with Crippen LogP contribution in [0.25, 0.3) is 5.57 Å². The monoisotopic (exact) mass is 357 g/mol. The highest BCUT2D eigenvalue weighted by atomic mass is 19.1. The molecule has 0 heterocycles. The first kappa shape index (κ1) is 17.8. The molecule has 0 unspecified atom stereocenters. The van der Waals surface area contributed by atoms with Crippen LogP contribution in [0.3, 0.4) is 0 Å². The van der Waals surface area contributed by atoms with Crippen molar-refractivity contribution in [3.05, 3.63) is 70.3 Å². The molecule has 0 bridgehead atoms. The zero-order valence-corrected chi connectivity index (χ0v) is 14.1. The van der Waals surface area contributed by atoms with E-state index in [1.807, 2.05) is 0 Å². The predicted molar refractivity (Wildman–Crippen MR) is 93.9 cm³/mol. The number of aliphatic carboxylic acids is 1. The van der Waals surface area contributed by atoms with Crippen molar-refractivity contribution in [2.75, 3.05) is 5.32 Å². The fraction of sp³-hybridized carbons (Fsp3) is 0.200. The molecule has 3 rings (SSSR count). The number of carboxylic acids is 1. The number of aryl methyl sites for hydroxylation is 1. The quantitative estimate of drug-likeness (QED) is 0.800. The second-order valence-corrected chi connectivity index (χ2v) is 6.18. The van der Waals surface area contributed by atoms with E-state index in [1.165, 1.54) is 6.07 Å². The maximum Gasteiger partial charge on any atom is 0.331 e. The highest BCUT2D eigenvalue weighted by Gasteiger charge is 2.21. The van der Waals surface area contributed by atoms with Gasteiger partial charge in [0.1, 0.15) is 17.2 Å². The van der Waals surface area contributed by atoms with Crippen molar-refractivity contribution in [3.63, 3.8) is 0 Å². The molecule has 6 heteroatoms. The molecule has 26 heavy (non-hydrogen) atoms. The number of hydrogen-bond donors (Lipinski definition) is 2. The summed E-state index contributed by atoms with van der Waals surface area (Å²) in [5, 5.41) is 11.7. The highest BCUT2D eigenvalue weighted by Crippen LogP contribution is 2.34.